The standard InChI is InChI=1S/C26H23N3O3/c27-15-3-7-17-13(11-15)1-5-19-21(17)22-18-8-4-16(28)12-14(18)2-6-20(22)24-23(19)25(31)29(9-10-30)26(24)32/h3-4,7-8,11-12,30H,1-2,5-6,9-10,27-28H2. The second-order valence-corrected chi connectivity index (χ2v) is 8.78. The van der Waals surface area contributed by atoms with Crippen LogP contribution in [0.1, 0.15) is 43.0 Å². The van der Waals surface area contributed by atoms with E-state index < -0.39 is 0 Å². The molecule has 0 saturated heterocycles. The van der Waals surface area contributed by atoms with Crippen LogP contribution in [-0.4, -0.2) is 35.0 Å². The summed E-state index contributed by atoms with van der Waals surface area (Å²) in [6, 6.07) is 11.9. The summed E-state index contributed by atoms with van der Waals surface area (Å²) in [6.45, 7) is -0.240. The van der Waals surface area contributed by atoms with Crippen LogP contribution in [0.5, 0.6) is 0 Å². The molecular weight excluding hydrogens is 402 g/mol. The van der Waals surface area contributed by atoms with E-state index in [0.717, 1.165) is 68.7 Å². The molecule has 2 aliphatic carbocycles. The van der Waals surface area contributed by atoms with E-state index in [1.165, 1.54) is 4.90 Å². The van der Waals surface area contributed by atoms with E-state index >= 15 is 0 Å². The Balaban J connectivity index is 1.74. The van der Waals surface area contributed by atoms with Crippen LogP contribution in [0.25, 0.3) is 22.3 Å². The molecule has 3 aliphatic rings. The smallest absolute Gasteiger partial charge is 0.261 e. The molecule has 0 radical (unpaired) electrons. The second-order valence-electron chi connectivity index (χ2n) is 8.78. The predicted octanol–water partition coefficient (Wildman–Crippen LogP) is 2.97. The average molecular weight is 425 g/mol. The Hall–Kier alpha value is -3.64. The van der Waals surface area contributed by atoms with Crippen molar-refractivity contribution in [2.75, 3.05) is 24.6 Å². The molecule has 0 atom stereocenters. The molecule has 6 heteroatoms. The lowest BCUT2D eigenvalue weighted by Gasteiger charge is -2.31. The predicted molar refractivity (Wildman–Crippen MR) is 123 cm³/mol. The zero-order valence-electron chi connectivity index (χ0n) is 17.6. The van der Waals surface area contributed by atoms with Crippen LogP contribution in [0.2, 0.25) is 0 Å². The van der Waals surface area contributed by atoms with Gasteiger partial charge in [0.1, 0.15) is 0 Å². The van der Waals surface area contributed by atoms with Gasteiger partial charge in [0.15, 0.2) is 0 Å². The third-order valence-corrected chi connectivity index (χ3v) is 7.03. The van der Waals surface area contributed by atoms with E-state index in [2.05, 4.69) is 0 Å². The van der Waals surface area contributed by atoms with E-state index in [1.807, 2.05) is 36.4 Å². The number of hydrogen-bond donors (Lipinski definition) is 3. The number of carbonyl (C=O) groups is 2. The number of β-amino-alcohol motifs (C(OH)–C–C–N with tert-alkyl or cyclic N) is 1. The fraction of sp³-hybridized carbons (Fsp3) is 0.231. The summed E-state index contributed by atoms with van der Waals surface area (Å²) in [5.74, 6) is -0.583. The van der Waals surface area contributed by atoms with Crippen LogP contribution < -0.4 is 11.5 Å². The minimum Gasteiger partial charge on any atom is -0.399 e. The van der Waals surface area contributed by atoms with Crippen molar-refractivity contribution in [3.63, 3.8) is 0 Å². The number of aliphatic hydroxyl groups excluding tert-OH is 1. The van der Waals surface area contributed by atoms with Crippen molar-refractivity contribution in [1.29, 1.82) is 0 Å². The summed E-state index contributed by atoms with van der Waals surface area (Å²) in [5.41, 5.74) is 23.0. The third-order valence-electron chi connectivity index (χ3n) is 7.03. The van der Waals surface area contributed by atoms with Crippen LogP contribution in [0.3, 0.4) is 0 Å². The van der Waals surface area contributed by atoms with Crippen molar-refractivity contribution in [3.05, 3.63) is 69.8 Å². The molecule has 0 unspecified atom stereocenters. The van der Waals surface area contributed by atoms with E-state index in [9.17, 15) is 14.7 Å². The number of benzene rings is 3. The van der Waals surface area contributed by atoms with Crippen molar-refractivity contribution >= 4 is 23.2 Å². The molecule has 6 rings (SSSR count). The highest BCUT2D eigenvalue weighted by Gasteiger charge is 2.43. The molecule has 0 aromatic heterocycles. The van der Waals surface area contributed by atoms with Gasteiger partial charge in [0.2, 0.25) is 0 Å². The average Bonchev–Trinajstić information content (AvgIpc) is 3.03. The van der Waals surface area contributed by atoms with Gasteiger partial charge in [-0.05, 0) is 94.5 Å². The zero-order valence-corrected chi connectivity index (χ0v) is 17.6. The molecule has 0 bridgehead atoms. The van der Waals surface area contributed by atoms with Crippen LogP contribution in [-0.2, 0) is 25.7 Å². The van der Waals surface area contributed by atoms with Crippen molar-refractivity contribution in [2.45, 2.75) is 25.7 Å². The molecule has 0 fully saturated rings. The Kier molecular flexibility index (Phi) is 3.98. The van der Waals surface area contributed by atoms with E-state index in [-0.39, 0.29) is 25.0 Å². The Bertz CT molecular complexity index is 1260. The Morgan fingerprint density at radius 2 is 1.19 bits per heavy atom. The number of aryl methyl sites for hydroxylation is 2. The second kappa shape index (κ2) is 6.68. The molecule has 6 nitrogen and oxygen atoms in total. The van der Waals surface area contributed by atoms with Gasteiger partial charge in [-0.25, -0.2) is 0 Å². The highest BCUT2D eigenvalue weighted by Crippen LogP contribution is 2.50. The summed E-state index contributed by atoms with van der Waals surface area (Å²) < 4.78 is 0. The topological polar surface area (TPSA) is 110 Å². The largest absolute Gasteiger partial charge is 0.399 e. The number of rotatable bonds is 2. The van der Waals surface area contributed by atoms with Crippen molar-refractivity contribution in [2.24, 2.45) is 0 Å². The van der Waals surface area contributed by atoms with Gasteiger partial charge in [-0.15, -0.1) is 0 Å². The first-order chi connectivity index (χ1) is 15.5. The van der Waals surface area contributed by atoms with E-state index in [4.69, 9.17) is 11.5 Å². The number of nitrogens with two attached hydrogens (primary N) is 2. The van der Waals surface area contributed by atoms with Gasteiger partial charge in [-0.1, -0.05) is 12.1 Å². The van der Waals surface area contributed by atoms with Crippen molar-refractivity contribution in [3.8, 4) is 22.3 Å². The van der Waals surface area contributed by atoms with Gasteiger partial charge in [0.05, 0.1) is 24.3 Å². The summed E-state index contributed by atoms with van der Waals surface area (Å²) in [6.07, 6.45) is 2.85. The molecule has 32 heavy (non-hydrogen) atoms. The number of carbonyl (C=O) groups excluding carboxylic acids is 2. The summed E-state index contributed by atoms with van der Waals surface area (Å²) >= 11 is 0. The highest BCUT2D eigenvalue weighted by atomic mass is 16.3. The maximum absolute atomic E-state index is 13.4. The fourth-order valence-corrected chi connectivity index (χ4v) is 5.73. The number of fused-ring (bicyclic) bond motifs is 10. The zero-order chi connectivity index (χ0) is 22.1. The number of aliphatic hydroxyl groups is 1. The van der Waals surface area contributed by atoms with Crippen LogP contribution in [0, 0.1) is 0 Å². The maximum Gasteiger partial charge on any atom is 0.261 e. The molecular formula is C26H23N3O3. The first kappa shape index (κ1) is 19.1. The van der Waals surface area contributed by atoms with E-state index in [0.29, 0.717) is 24.0 Å². The summed E-state index contributed by atoms with van der Waals surface area (Å²) in [5, 5.41) is 9.46. The molecule has 0 saturated carbocycles. The third kappa shape index (κ3) is 2.44. The van der Waals surface area contributed by atoms with Gasteiger partial charge in [-0.3, -0.25) is 14.5 Å². The van der Waals surface area contributed by atoms with Crippen molar-refractivity contribution in [1.82, 2.24) is 4.90 Å². The lowest BCUT2D eigenvalue weighted by atomic mass is 9.72. The Morgan fingerprint density at radius 1 is 0.719 bits per heavy atom. The molecule has 0 spiro atoms. The minimum absolute atomic E-state index is 0.0101. The Labute approximate surface area is 185 Å². The van der Waals surface area contributed by atoms with Crippen LogP contribution >= 0.6 is 0 Å². The van der Waals surface area contributed by atoms with Gasteiger partial charge in [-0.2, -0.15) is 0 Å². The molecule has 1 heterocycles. The maximum atomic E-state index is 13.4. The number of anilines is 2. The van der Waals surface area contributed by atoms with E-state index in [1.54, 1.807) is 0 Å². The number of hydrogen-bond acceptors (Lipinski definition) is 5. The van der Waals surface area contributed by atoms with Crippen LogP contribution in [0.15, 0.2) is 36.4 Å². The van der Waals surface area contributed by atoms with Gasteiger partial charge >= 0.3 is 0 Å². The molecule has 160 valence electrons. The highest BCUT2D eigenvalue weighted by molar-refractivity contribution is 6.25. The van der Waals surface area contributed by atoms with Gasteiger partial charge < -0.3 is 16.6 Å². The van der Waals surface area contributed by atoms with Crippen molar-refractivity contribution < 1.29 is 14.7 Å². The molecule has 3 aromatic carbocycles. The molecule has 3 aromatic rings. The first-order valence-electron chi connectivity index (χ1n) is 11.0. The van der Waals surface area contributed by atoms with Crippen LogP contribution in [0.4, 0.5) is 11.4 Å². The lowest BCUT2D eigenvalue weighted by Crippen LogP contribution is -2.32. The lowest BCUT2D eigenvalue weighted by molar-refractivity contribution is 0.0623. The summed E-state index contributed by atoms with van der Waals surface area (Å²) in [7, 11) is 0. The van der Waals surface area contributed by atoms with Gasteiger partial charge in [0, 0.05) is 11.4 Å². The normalized spacial score (nSPS) is 15.7. The number of imide groups is 1. The monoisotopic (exact) mass is 425 g/mol. The first-order valence-corrected chi connectivity index (χ1v) is 11.0. The number of nitrogen functional groups attached to an aromatic ring is 2. The summed E-state index contributed by atoms with van der Waals surface area (Å²) in [4.78, 5) is 27.9. The quantitative estimate of drug-likeness (QED) is 0.432. The Morgan fingerprint density at radius 3 is 1.62 bits per heavy atom. The SMILES string of the molecule is Nc1ccc2c(c1)CCc1c3c(c4c(c1-2)-c1ccc(N)cc1CC4)C(=O)N(CCO)C3=O. The number of nitrogens with zero attached hydrogens (tertiary/aromatic N) is 1. The molecule has 5 N–H and O–H groups in total. The molecule has 2 amide bonds. The number of amides is 2. The molecule has 1 aliphatic heterocycles. The van der Waals surface area contributed by atoms with Gasteiger partial charge in [0.25, 0.3) is 11.8 Å². The minimum atomic E-state index is -0.292. The fourth-order valence-electron chi connectivity index (χ4n) is 5.73.